The highest BCUT2D eigenvalue weighted by Gasteiger charge is 2.41. The van der Waals surface area contributed by atoms with Crippen LogP contribution in [-0.4, -0.2) is 25.2 Å². The molecule has 2 saturated carbocycles. The highest BCUT2D eigenvalue weighted by atomic mass is 16.6. The van der Waals surface area contributed by atoms with Crippen LogP contribution in [0, 0.1) is 17.8 Å². The summed E-state index contributed by atoms with van der Waals surface area (Å²) in [4.78, 5) is 25.3. The normalized spacial score (nSPS) is 19.5. The number of nitrogens with one attached hydrogen (secondary N) is 1. The van der Waals surface area contributed by atoms with Crippen LogP contribution in [0.4, 0.5) is 4.79 Å². The van der Waals surface area contributed by atoms with Gasteiger partial charge in [-0.05, 0) is 23.3 Å². The molecule has 1 aromatic carbocycles. The van der Waals surface area contributed by atoms with Gasteiger partial charge in [0.15, 0.2) is 0 Å². The van der Waals surface area contributed by atoms with E-state index in [0.29, 0.717) is 11.8 Å². The predicted octanol–water partition coefficient (Wildman–Crippen LogP) is 5.23. The maximum atomic E-state index is 12.8. The van der Waals surface area contributed by atoms with Gasteiger partial charge < -0.3 is 14.8 Å². The highest BCUT2D eigenvalue weighted by Crippen LogP contribution is 2.42. The fraction of sp³-hybridized carbons (Fsp3) is 0.667. The number of carbonyl (C=O) groups is 2. The largest absolute Gasteiger partial charge is 0.467 e. The average molecular weight is 402 g/mol. The molecule has 1 amide bonds. The smallest absolute Gasteiger partial charge is 0.408 e. The fourth-order valence-corrected chi connectivity index (χ4v) is 5.30. The standard InChI is InChI=1S/C24H35NO4/c1-28-23(26)22(25-24(27)29-17-18-11-5-2-6-12-18)21(19-13-7-3-8-14-19)20-15-9-4-10-16-20/h2,5-6,11-12,19-22H,3-4,7-10,13-17H2,1H3,(H,25,27)/t22-/m1/s1. The molecule has 29 heavy (non-hydrogen) atoms. The van der Waals surface area contributed by atoms with Gasteiger partial charge in [0.2, 0.25) is 0 Å². The molecule has 0 aromatic heterocycles. The first-order valence-corrected chi connectivity index (χ1v) is 11.2. The minimum absolute atomic E-state index is 0.132. The molecule has 0 unspecified atom stereocenters. The zero-order valence-electron chi connectivity index (χ0n) is 17.6. The van der Waals surface area contributed by atoms with Gasteiger partial charge >= 0.3 is 12.1 Å². The van der Waals surface area contributed by atoms with E-state index in [1.165, 1.54) is 45.6 Å². The summed E-state index contributed by atoms with van der Waals surface area (Å²) in [5, 5.41) is 2.90. The van der Waals surface area contributed by atoms with Crippen molar-refractivity contribution in [2.75, 3.05) is 7.11 Å². The maximum absolute atomic E-state index is 12.8. The first-order valence-electron chi connectivity index (χ1n) is 11.2. The molecule has 0 heterocycles. The van der Waals surface area contributed by atoms with Crippen LogP contribution in [0.25, 0.3) is 0 Å². The van der Waals surface area contributed by atoms with E-state index in [2.05, 4.69) is 5.32 Å². The third kappa shape index (κ3) is 6.22. The molecule has 2 fully saturated rings. The van der Waals surface area contributed by atoms with E-state index < -0.39 is 12.1 Å². The lowest BCUT2D eigenvalue weighted by Crippen LogP contribution is -2.52. The van der Waals surface area contributed by atoms with Crippen molar-refractivity contribution in [3.8, 4) is 0 Å². The van der Waals surface area contributed by atoms with Gasteiger partial charge in [0.05, 0.1) is 7.11 Å². The molecule has 3 rings (SSSR count). The lowest BCUT2D eigenvalue weighted by Gasteiger charge is -2.41. The fourth-order valence-electron chi connectivity index (χ4n) is 5.30. The van der Waals surface area contributed by atoms with E-state index in [0.717, 1.165) is 31.2 Å². The SMILES string of the molecule is COC(=O)[C@H](NC(=O)OCc1ccccc1)C(C1CCCCC1)C1CCCCC1. The van der Waals surface area contributed by atoms with Crippen LogP contribution < -0.4 is 5.32 Å². The van der Waals surface area contributed by atoms with Gasteiger partial charge in [-0.3, -0.25) is 0 Å². The minimum Gasteiger partial charge on any atom is -0.467 e. The predicted molar refractivity (Wildman–Crippen MR) is 112 cm³/mol. The number of ether oxygens (including phenoxy) is 2. The maximum Gasteiger partial charge on any atom is 0.408 e. The van der Waals surface area contributed by atoms with Crippen LogP contribution >= 0.6 is 0 Å². The van der Waals surface area contributed by atoms with E-state index in [1.807, 2.05) is 30.3 Å². The van der Waals surface area contributed by atoms with Crippen molar-refractivity contribution in [3.63, 3.8) is 0 Å². The third-order valence-electron chi connectivity index (χ3n) is 6.71. The summed E-state index contributed by atoms with van der Waals surface area (Å²) in [5.74, 6) is 0.714. The van der Waals surface area contributed by atoms with Crippen LogP contribution in [0.1, 0.15) is 69.8 Å². The summed E-state index contributed by atoms with van der Waals surface area (Å²) in [6, 6.07) is 8.95. The Morgan fingerprint density at radius 1 is 0.931 bits per heavy atom. The Bertz CT molecular complexity index is 618. The van der Waals surface area contributed by atoms with E-state index in [1.54, 1.807) is 0 Å². The van der Waals surface area contributed by atoms with Crippen molar-refractivity contribution in [3.05, 3.63) is 35.9 Å². The summed E-state index contributed by atoms with van der Waals surface area (Å²) in [6.45, 7) is 0.193. The number of carbonyl (C=O) groups excluding carboxylic acids is 2. The molecule has 0 bridgehead atoms. The molecule has 5 nitrogen and oxygen atoms in total. The van der Waals surface area contributed by atoms with E-state index in [-0.39, 0.29) is 18.5 Å². The lowest BCUT2D eigenvalue weighted by atomic mass is 9.66. The average Bonchev–Trinajstić information content (AvgIpc) is 2.79. The first-order chi connectivity index (χ1) is 14.2. The van der Waals surface area contributed by atoms with Crippen molar-refractivity contribution >= 4 is 12.1 Å². The Kier molecular flexibility index (Phi) is 8.38. The Morgan fingerprint density at radius 3 is 2.00 bits per heavy atom. The number of alkyl carbamates (subject to hydrolysis) is 1. The summed E-state index contributed by atoms with van der Waals surface area (Å²) < 4.78 is 10.5. The van der Waals surface area contributed by atoms with E-state index in [9.17, 15) is 9.59 Å². The Balaban J connectivity index is 1.71. The molecule has 1 aromatic rings. The topological polar surface area (TPSA) is 64.6 Å². The van der Waals surface area contributed by atoms with Crippen LogP contribution in [-0.2, 0) is 20.9 Å². The number of methoxy groups -OCH3 is 1. The molecular weight excluding hydrogens is 366 g/mol. The zero-order chi connectivity index (χ0) is 20.5. The number of hydrogen-bond donors (Lipinski definition) is 1. The number of esters is 1. The molecule has 0 saturated heterocycles. The van der Waals surface area contributed by atoms with E-state index in [4.69, 9.17) is 9.47 Å². The molecule has 2 aliphatic carbocycles. The first kappa shape index (κ1) is 21.7. The van der Waals surface area contributed by atoms with Crippen LogP contribution in [0.15, 0.2) is 30.3 Å². The number of amides is 1. The quantitative estimate of drug-likeness (QED) is 0.635. The van der Waals surface area contributed by atoms with Crippen LogP contribution in [0.2, 0.25) is 0 Å². The number of benzene rings is 1. The minimum atomic E-state index is -0.630. The van der Waals surface area contributed by atoms with Crippen LogP contribution in [0.5, 0.6) is 0 Å². The van der Waals surface area contributed by atoms with Gasteiger partial charge in [-0.25, -0.2) is 9.59 Å². The van der Waals surface area contributed by atoms with Crippen molar-refractivity contribution < 1.29 is 19.1 Å². The second kappa shape index (κ2) is 11.2. The van der Waals surface area contributed by atoms with Crippen molar-refractivity contribution in [1.82, 2.24) is 5.32 Å². The van der Waals surface area contributed by atoms with Crippen molar-refractivity contribution in [2.24, 2.45) is 17.8 Å². The summed E-state index contributed by atoms with van der Waals surface area (Å²) in [6.07, 6.45) is 11.4. The van der Waals surface area contributed by atoms with Gasteiger partial charge in [-0.15, -0.1) is 0 Å². The third-order valence-corrected chi connectivity index (χ3v) is 6.71. The zero-order valence-corrected chi connectivity index (χ0v) is 17.6. The molecule has 2 aliphatic rings. The summed E-state index contributed by atoms with van der Waals surface area (Å²) >= 11 is 0. The number of rotatable bonds is 7. The Labute approximate surface area is 174 Å². The van der Waals surface area contributed by atoms with Gasteiger partial charge in [0, 0.05) is 0 Å². The molecule has 0 radical (unpaired) electrons. The van der Waals surface area contributed by atoms with Gasteiger partial charge in [-0.2, -0.15) is 0 Å². The second-order valence-electron chi connectivity index (χ2n) is 8.58. The number of hydrogen-bond acceptors (Lipinski definition) is 4. The van der Waals surface area contributed by atoms with Gasteiger partial charge in [0.1, 0.15) is 12.6 Å². The summed E-state index contributed by atoms with van der Waals surface area (Å²) in [7, 11) is 1.41. The molecule has 1 N–H and O–H groups in total. The Morgan fingerprint density at radius 2 is 1.48 bits per heavy atom. The summed E-state index contributed by atoms with van der Waals surface area (Å²) in [5.41, 5.74) is 0.924. The van der Waals surface area contributed by atoms with E-state index >= 15 is 0 Å². The molecule has 0 aliphatic heterocycles. The van der Waals surface area contributed by atoms with Crippen molar-refractivity contribution in [2.45, 2.75) is 76.9 Å². The molecule has 0 spiro atoms. The van der Waals surface area contributed by atoms with Crippen LogP contribution in [0.3, 0.4) is 0 Å². The molecular formula is C24H35NO4. The van der Waals surface area contributed by atoms with Gasteiger partial charge in [-0.1, -0.05) is 94.5 Å². The Hall–Kier alpha value is -2.04. The van der Waals surface area contributed by atoms with Gasteiger partial charge in [0.25, 0.3) is 0 Å². The highest BCUT2D eigenvalue weighted by molar-refractivity contribution is 5.81. The lowest BCUT2D eigenvalue weighted by molar-refractivity contribution is -0.146. The molecule has 5 heteroatoms. The van der Waals surface area contributed by atoms with Crippen molar-refractivity contribution in [1.29, 1.82) is 0 Å². The monoisotopic (exact) mass is 401 g/mol. The molecule has 1 atom stereocenters. The second-order valence-corrected chi connectivity index (χ2v) is 8.58. The molecule has 160 valence electrons.